The van der Waals surface area contributed by atoms with Crippen molar-refractivity contribution in [2.45, 2.75) is 33.3 Å². The van der Waals surface area contributed by atoms with Crippen LogP contribution in [0.2, 0.25) is 0 Å². The molecule has 3 nitrogen and oxygen atoms in total. The van der Waals surface area contributed by atoms with E-state index in [2.05, 4.69) is 6.58 Å². The van der Waals surface area contributed by atoms with E-state index in [1.54, 1.807) is 6.92 Å². The van der Waals surface area contributed by atoms with Gasteiger partial charge in [0.25, 0.3) is 0 Å². The number of hydrogen-bond acceptors (Lipinski definition) is 3. The molecule has 0 spiro atoms. The van der Waals surface area contributed by atoms with Gasteiger partial charge in [0.05, 0.1) is 0 Å². The lowest BCUT2D eigenvalue weighted by atomic mass is 10.2. The number of ether oxygens (including phenoxy) is 1. The van der Waals surface area contributed by atoms with E-state index in [-0.39, 0.29) is 11.6 Å². The summed E-state index contributed by atoms with van der Waals surface area (Å²) in [4.78, 5) is 10.9. The van der Waals surface area contributed by atoms with Crippen LogP contribution in [0.4, 0.5) is 0 Å². The zero-order valence-electron chi connectivity index (χ0n) is 8.85. The Hall–Kier alpha value is -0.613. The summed E-state index contributed by atoms with van der Waals surface area (Å²) in [6.07, 6.45) is 0.420. The molecule has 0 saturated carbocycles. The van der Waals surface area contributed by atoms with Gasteiger partial charge in [0.1, 0.15) is 6.23 Å². The van der Waals surface area contributed by atoms with Crippen molar-refractivity contribution >= 4 is 15.7 Å². The fourth-order valence-corrected chi connectivity index (χ4v) is 1.57. The Kier molecular flexibility index (Phi) is 4.94. The molecule has 76 valence electrons. The van der Waals surface area contributed by atoms with Crippen molar-refractivity contribution in [3.8, 4) is 0 Å². The summed E-state index contributed by atoms with van der Waals surface area (Å²) < 4.78 is 10.4. The molecule has 0 aliphatic carbocycles. The Morgan fingerprint density at radius 2 is 2.00 bits per heavy atom. The minimum atomic E-state index is -0.752. The van der Waals surface area contributed by atoms with E-state index in [1.807, 2.05) is 20.8 Å². The van der Waals surface area contributed by atoms with Crippen molar-refractivity contribution in [3.05, 3.63) is 12.2 Å². The van der Waals surface area contributed by atoms with E-state index in [0.29, 0.717) is 11.8 Å². The van der Waals surface area contributed by atoms with Crippen LogP contribution in [0.5, 0.6) is 0 Å². The topological polar surface area (TPSA) is 35.5 Å². The van der Waals surface area contributed by atoms with Gasteiger partial charge < -0.3 is 9.16 Å². The van der Waals surface area contributed by atoms with Gasteiger partial charge >= 0.3 is 5.97 Å². The first-order valence-electron chi connectivity index (χ1n) is 4.29. The zero-order valence-corrected chi connectivity index (χ0v) is 10.3. The lowest BCUT2D eigenvalue weighted by Crippen LogP contribution is -2.25. The Morgan fingerprint density at radius 1 is 1.46 bits per heavy atom. The summed E-state index contributed by atoms with van der Waals surface area (Å²) in [7, 11) is -0.752. The molecule has 0 saturated heterocycles. The molecular weight excluding hydrogens is 184 g/mol. The highest BCUT2D eigenvalue weighted by molar-refractivity contribution is 6.27. The van der Waals surface area contributed by atoms with E-state index in [0.717, 1.165) is 0 Å². The number of carbonyl (C=O) groups is 1. The highest BCUT2D eigenvalue weighted by atomic mass is 28.2. The van der Waals surface area contributed by atoms with Gasteiger partial charge in [-0.3, -0.25) is 0 Å². The third-order valence-electron chi connectivity index (χ3n) is 1.20. The third-order valence-corrected chi connectivity index (χ3v) is 2.64. The Bertz CT molecular complexity index is 194. The largest absolute Gasteiger partial charge is 0.464 e. The molecule has 13 heavy (non-hydrogen) atoms. The first kappa shape index (κ1) is 12.4. The van der Waals surface area contributed by atoms with Crippen molar-refractivity contribution in [1.82, 2.24) is 0 Å². The first-order valence-corrected chi connectivity index (χ1v) is 5.87. The highest BCUT2D eigenvalue weighted by Crippen LogP contribution is 2.04. The normalized spacial score (nSPS) is 12.0. The van der Waals surface area contributed by atoms with Gasteiger partial charge in [-0.05, 0) is 27.7 Å². The van der Waals surface area contributed by atoms with E-state index in [1.165, 1.54) is 0 Å². The Balaban J connectivity index is 3.47. The first-order chi connectivity index (χ1) is 5.83. The SMILES string of the molecule is C=C(C)C(=O)OC[SiH2]OC(C)(C)C. The minimum absolute atomic E-state index is 0.123. The molecule has 0 amide bonds. The molecule has 0 atom stereocenters. The summed E-state index contributed by atoms with van der Waals surface area (Å²) in [6.45, 7) is 11.1. The predicted molar refractivity (Wildman–Crippen MR) is 55.2 cm³/mol. The van der Waals surface area contributed by atoms with Crippen molar-refractivity contribution in [3.63, 3.8) is 0 Å². The molecule has 0 aromatic carbocycles. The number of carbonyl (C=O) groups excluding carboxylic acids is 1. The fraction of sp³-hybridized carbons (Fsp3) is 0.667. The van der Waals surface area contributed by atoms with E-state index in [9.17, 15) is 4.79 Å². The quantitative estimate of drug-likeness (QED) is 0.295. The van der Waals surface area contributed by atoms with Crippen LogP contribution in [-0.2, 0) is 14.0 Å². The number of hydrogen-bond donors (Lipinski definition) is 0. The van der Waals surface area contributed by atoms with Crippen LogP contribution in [-0.4, -0.2) is 27.6 Å². The summed E-state index contributed by atoms with van der Waals surface area (Å²) in [5, 5.41) is 0. The summed E-state index contributed by atoms with van der Waals surface area (Å²) in [5.41, 5.74) is 0.312. The maximum atomic E-state index is 10.9. The molecule has 0 aromatic rings. The zero-order chi connectivity index (χ0) is 10.5. The molecule has 4 heteroatoms. The fourth-order valence-electron chi connectivity index (χ4n) is 0.605. The maximum Gasteiger partial charge on any atom is 0.332 e. The van der Waals surface area contributed by atoms with Gasteiger partial charge in [0, 0.05) is 11.2 Å². The van der Waals surface area contributed by atoms with Crippen LogP contribution in [0, 0.1) is 0 Å². The third kappa shape index (κ3) is 7.74. The summed E-state index contributed by atoms with van der Waals surface area (Å²) in [6, 6.07) is 0. The number of esters is 1. The second-order valence-corrected chi connectivity index (χ2v) is 4.98. The summed E-state index contributed by atoms with van der Waals surface area (Å²) in [5.74, 6) is -0.329. The van der Waals surface area contributed by atoms with Gasteiger partial charge in [-0.2, -0.15) is 0 Å². The summed E-state index contributed by atoms with van der Waals surface area (Å²) >= 11 is 0. The van der Waals surface area contributed by atoms with E-state index in [4.69, 9.17) is 9.16 Å². The monoisotopic (exact) mass is 202 g/mol. The second kappa shape index (κ2) is 5.19. The van der Waals surface area contributed by atoms with Crippen LogP contribution < -0.4 is 0 Å². The van der Waals surface area contributed by atoms with Crippen molar-refractivity contribution in [2.75, 3.05) is 6.23 Å². The van der Waals surface area contributed by atoms with Crippen LogP contribution in [0.25, 0.3) is 0 Å². The van der Waals surface area contributed by atoms with Gasteiger partial charge in [-0.25, -0.2) is 4.79 Å². The van der Waals surface area contributed by atoms with Crippen molar-refractivity contribution < 1.29 is 14.0 Å². The van der Waals surface area contributed by atoms with Gasteiger partial charge in [0.15, 0.2) is 0 Å². The molecule has 0 aliphatic heterocycles. The molecule has 0 rings (SSSR count). The van der Waals surface area contributed by atoms with E-state index >= 15 is 0 Å². The van der Waals surface area contributed by atoms with Gasteiger partial charge in [0.2, 0.25) is 9.76 Å². The average Bonchev–Trinajstić information content (AvgIpc) is 1.95. The second-order valence-electron chi connectivity index (χ2n) is 3.88. The predicted octanol–water partition coefficient (Wildman–Crippen LogP) is 0.962. The molecule has 0 aliphatic rings. The lowest BCUT2D eigenvalue weighted by Gasteiger charge is -2.19. The Morgan fingerprint density at radius 3 is 2.38 bits per heavy atom. The van der Waals surface area contributed by atoms with Gasteiger partial charge in [-0.1, -0.05) is 6.58 Å². The minimum Gasteiger partial charge on any atom is -0.464 e. The molecule has 0 fully saturated rings. The smallest absolute Gasteiger partial charge is 0.332 e. The molecular formula is C9H18O3Si. The lowest BCUT2D eigenvalue weighted by molar-refractivity contribution is -0.137. The van der Waals surface area contributed by atoms with Crippen LogP contribution >= 0.6 is 0 Å². The average molecular weight is 202 g/mol. The van der Waals surface area contributed by atoms with Crippen LogP contribution in [0.15, 0.2) is 12.2 Å². The Labute approximate surface area is 82.1 Å². The van der Waals surface area contributed by atoms with Crippen LogP contribution in [0.1, 0.15) is 27.7 Å². The molecule has 0 radical (unpaired) electrons. The molecule has 0 bridgehead atoms. The maximum absolute atomic E-state index is 10.9. The highest BCUT2D eigenvalue weighted by Gasteiger charge is 2.10. The van der Waals surface area contributed by atoms with Gasteiger partial charge in [-0.15, -0.1) is 0 Å². The van der Waals surface area contributed by atoms with Crippen LogP contribution in [0.3, 0.4) is 0 Å². The van der Waals surface area contributed by atoms with Crippen molar-refractivity contribution in [2.24, 2.45) is 0 Å². The van der Waals surface area contributed by atoms with Crippen molar-refractivity contribution in [1.29, 1.82) is 0 Å². The standard InChI is InChI=1S/C9H18O3Si/c1-7(2)8(10)11-6-13-12-9(3,4)5/h1,6,13H2,2-5H3. The van der Waals surface area contributed by atoms with E-state index < -0.39 is 9.76 Å². The molecule has 0 aromatic heterocycles. The molecule has 0 heterocycles. The molecule has 0 unspecified atom stereocenters. The molecule has 0 N–H and O–H groups in total. The number of rotatable bonds is 4.